The minimum Gasteiger partial charge on any atom is -0.388 e. The molecule has 2 saturated heterocycles. The molecule has 0 aromatic heterocycles. The van der Waals surface area contributed by atoms with E-state index in [2.05, 4.69) is 19.1 Å². The van der Waals surface area contributed by atoms with Gasteiger partial charge in [-0.1, -0.05) is 37.3 Å². The summed E-state index contributed by atoms with van der Waals surface area (Å²) in [7, 11) is -1.78. The molecular formula is C21H33NO4S. The van der Waals surface area contributed by atoms with Crippen LogP contribution in [-0.2, 0) is 14.8 Å². The van der Waals surface area contributed by atoms with Crippen LogP contribution in [-0.4, -0.2) is 54.0 Å². The fourth-order valence-electron chi connectivity index (χ4n) is 5.03. The van der Waals surface area contributed by atoms with Gasteiger partial charge in [0, 0.05) is 7.05 Å². The molecular weight excluding hydrogens is 362 g/mol. The average Bonchev–Trinajstić information content (AvgIpc) is 2.67. The zero-order chi connectivity index (χ0) is 19.9. The van der Waals surface area contributed by atoms with Gasteiger partial charge < -0.3 is 9.84 Å². The molecule has 0 amide bonds. The molecule has 2 aliphatic heterocycles. The number of nitrogens with zero attached hydrogens (tertiary/aromatic N) is 1. The summed E-state index contributed by atoms with van der Waals surface area (Å²) in [4.78, 5) is 0. The molecule has 1 aromatic rings. The first kappa shape index (κ1) is 20.8. The van der Waals surface area contributed by atoms with Crippen LogP contribution < -0.4 is 0 Å². The summed E-state index contributed by atoms with van der Waals surface area (Å²) in [5.74, 6) is 0.398. The Morgan fingerprint density at radius 1 is 1.22 bits per heavy atom. The predicted molar refractivity (Wildman–Crippen MR) is 107 cm³/mol. The summed E-state index contributed by atoms with van der Waals surface area (Å²) in [5, 5.41) is 11.3. The van der Waals surface area contributed by atoms with Crippen molar-refractivity contribution >= 4 is 10.0 Å². The highest BCUT2D eigenvalue weighted by Crippen LogP contribution is 2.50. The standard InChI is InChI=1S/C21H33NO4S/c1-5-13-27(24,25)22(4)18-11-12-20(2)14-17(16-9-7-6-8-10-16)15-21(3,26-20)19(18)23/h6-10,17-19,23H,5,11-15H2,1-4H3/t17-,18-,19+,20-,21-/m0/s1. The van der Waals surface area contributed by atoms with Gasteiger partial charge in [-0.05, 0) is 57.4 Å². The van der Waals surface area contributed by atoms with E-state index in [0.717, 1.165) is 12.8 Å². The number of ether oxygens (including phenoxy) is 1. The van der Waals surface area contributed by atoms with Gasteiger partial charge in [0.15, 0.2) is 0 Å². The summed E-state index contributed by atoms with van der Waals surface area (Å²) in [6, 6.07) is 9.92. The van der Waals surface area contributed by atoms with E-state index in [1.54, 1.807) is 7.05 Å². The maximum atomic E-state index is 12.6. The van der Waals surface area contributed by atoms with Gasteiger partial charge in [0.1, 0.15) is 0 Å². The van der Waals surface area contributed by atoms with Crippen molar-refractivity contribution in [3.63, 3.8) is 0 Å². The molecule has 0 aliphatic carbocycles. The van der Waals surface area contributed by atoms with Crippen LogP contribution >= 0.6 is 0 Å². The van der Waals surface area contributed by atoms with Gasteiger partial charge in [-0.3, -0.25) is 0 Å². The number of rotatable bonds is 5. The van der Waals surface area contributed by atoms with Crippen LogP contribution in [0.2, 0.25) is 0 Å². The van der Waals surface area contributed by atoms with E-state index in [1.807, 2.05) is 32.0 Å². The monoisotopic (exact) mass is 395 g/mol. The number of hydrogen-bond donors (Lipinski definition) is 1. The van der Waals surface area contributed by atoms with Gasteiger partial charge in [0.05, 0.1) is 29.1 Å². The summed E-state index contributed by atoms with van der Waals surface area (Å²) in [6.07, 6.45) is 2.62. The van der Waals surface area contributed by atoms with Gasteiger partial charge in [-0.25, -0.2) is 8.42 Å². The minimum atomic E-state index is -3.38. The first-order valence-corrected chi connectivity index (χ1v) is 11.6. The van der Waals surface area contributed by atoms with Gasteiger partial charge >= 0.3 is 0 Å². The van der Waals surface area contributed by atoms with Crippen molar-refractivity contribution in [1.29, 1.82) is 0 Å². The molecule has 0 unspecified atom stereocenters. The summed E-state index contributed by atoms with van der Waals surface area (Å²) < 4.78 is 33.1. The Labute approximate surface area is 163 Å². The molecule has 3 rings (SSSR count). The van der Waals surface area contributed by atoms with Gasteiger partial charge in [-0.2, -0.15) is 4.31 Å². The third-order valence-electron chi connectivity index (χ3n) is 6.41. The van der Waals surface area contributed by atoms with Gasteiger partial charge in [-0.15, -0.1) is 0 Å². The third-order valence-corrected chi connectivity index (χ3v) is 8.48. The van der Waals surface area contributed by atoms with Crippen LogP contribution in [0.5, 0.6) is 0 Å². The van der Waals surface area contributed by atoms with Gasteiger partial charge in [0.2, 0.25) is 10.0 Å². The van der Waals surface area contributed by atoms with E-state index < -0.39 is 27.8 Å². The lowest BCUT2D eigenvalue weighted by Gasteiger charge is -2.49. The van der Waals surface area contributed by atoms with Crippen molar-refractivity contribution in [2.75, 3.05) is 12.8 Å². The molecule has 0 spiro atoms. The number of benzene rings is 1. The normalized spacial score (nSPS) is 37.2. The van der Waals surface area contributed by atoms with Crippen molar-refractivity contribution in [1.82, 2.24) is 4.31 Å². The number of likely N-dealkylation sites (N-methyl/N-ethyl adjacent to an activating group) is 1. The molecule has 152 valence electrons. The maximum absolute atomic E-state index is 12.6. The summed E-state index contributed by atoms with van der Waals surface area (Å²) in [6.45, 7) is 5.91. The smallest absolute Gasteiger partial charge is 0.214 e. The Kier molecular flexibility index (Phi) is 5.75. The zero-order valence-corrected chi connectivity index (χ0v) is 17.7. The number of aliphatic hydroxyl groups excluding tert-OH is 1. The van der Waals surface area contributed by atoms with Crippen LogP contribution in [0, 0.1) is 0 Å². The Morgan fingerprint density at radius 3 is 2.52 bits per heavy atom. The summed E-state index contributed by atoms with van der Waals surface area (Å²) >= 11 is 0. The minimum absolute atomic E-state index is 0.105. The van der Waals surface area contributed by atoms with Crippen LogP contribution in [0.1, 0.15) is 64.4 Å². The fraction of sp³-hybridized carbons (Fsp3) is 0.714. The van der Waals surface area contributed by atoms with Crippen LogP contribution in [0.4, 0.5) is 0 Å². The highest BCUT2D eigenvalue weighted by atomic mass is 32.2. The van der Waals surface area contributed by atoms with E-state index >= 15 is 0 Å². The van der Waals surface area contributed by atoms with E-state index in [4.69, 9.17) is 4.74 Å². The molecule has 6 heteroatoms. The maximum Gasteiger partial charge on any atom is 0.214 e. The molecule has 2 bridgehead atoms. The first-order chi connectivity index (χ1) is 12.6. The van der Waals surface area contributed by atoms with E-state index in [-0.39, 0.29) is 11.4 Å². The molecule has 1 N–H and O–H groups in total. The topological polar surface area (TPSA) is 66.8 Å². The average molecular weight is 396 g/mol. The molecule has 5 nitrogen and oxygen atoms in total. The van der Waals surface area contributed by atoms with Crippen LogP contribution in [0.25, 0.3) is 0 Å². The highest BCUT2D eigenvalue weighted by molar-refractivity contribution is 7.89. The van der Waals surface area contributed by atoms with Crippen molar-refractivity contribution in [2.45, 2.75) is 82.1 Å². The van der Waals surface area contributed by atoms with E-state index in [1.165, 1.54) is 9.87 Å². The molecule has 5 atom stereocenters. The zero-order valence-electron chi connectivity index (χ0n) is 16.9. The molecule has 2 heterocycles. The largest absolute Gasteiger partial charge is 0.388 e. The second-order valence-corrected chi connectivity index (χ2v) is 10.9. The second-order valence-electron chi connectivity index (χ2n) is 8.76. The SMILES string of the molecule is CCCS(=O)(=O)N(C)[C@H]1CC[C@@]2(C)C[C@H](c3ccccc3)C[C@](C)(O2)[C@@H]1O. The number of hydrogen-bond acceptors (Lipinski definition) is 4. The molecule has 0 saturated carbocycles. The van der Waals surface area contributed by atoms with Crippen molar-refractivity contribution < 1.29 is 18.3 Å². The van der Waals surface area contributed by atoms with Gasteiger partial charge in [0.25, 0.3) is 0 Å². The second kappa shape index (κ2) is 7.47. The van der Waals surface area contributed by atoms with Crippen LogP contribution in [0.3, 0.4) is 0 Å². The lowest BCUT2D eigenvalue weighted by molar-refractivity contribution is -0.214. The number of sulfonamides is 1. The van der Waals surface area contributed by atoms with Crippen LogP contribution in [0.15, 0.2) is 30.3 Å². The fourth-order valence-corrected chi connectivity index (χ4v) is 6.47. The van der Waals surface area contributed by atoms with Crippen molar-refractivity contribution in [2.24, 2.45) is 0 Å². The predicted octanol–water partition coefficient (Wildman–Crippen LogP) is 3.29. The Bertz CT molecular complexity index is 753. The Hall–Kier alpha value is -0.950. The Morgan fingerprint density at radius 2 is 1.89 bits per heavy atom. The first-order valence-electron chi connectivity index (χ1n) is 9.99. The molecule has 27 heavy (non-hydrogen) atoms. The Balaban J connectivity index is 1.92. The lowest BCUT2D eigenvalue weighted by atomic mass is 9.74. The summed E-state index contributed by atoms with van der Waals surface area (Å²) in [5.41, 5.74) is 0.124. The van der Waals surface area contributed by atoms with Crippen molar-refractivity contribution in [3.05, 3.63) is 35.9 Å². The molecule has 2 aliphatic rings. The lowest BCUT2D eigenvalue weighted by Crippen LogP contribution is -2.57. The van der Waals surface area contributed by atoms with Crippen molar-refractivity contribution in [3.8, 4) is 0 Å². The molecule has 1 aromatic carbocycles. The highest BCUT2D eigenvalue weighted by Gasteiger charge is 2.54. The number of aliphatic hydroxyl groups is 1. The number of fused-ring (bicyclic) bond motifs is 2. The molecule has 2 fully saturated rings. The molecule has 0 radical (unpaired) electrons. The quantitative estimate of drug-likeness (QED) is 0.831. The third kappa shape index (κ3) is 4.09. The van der Waals surface area contributed by atoms with E-state index in [0.29, 0.717) is 25.2 Å². The van der Waals surface area contributed by atoms with E-state index in [9.17, 15) is 13.5 Å².